The Hall–Kier alpha value is -2.63. The lowest BCUT2D eigenvalue weighted by molar-refractivity contribution is -0.167. The number of carbonyl (C=O) groups is 3. The van der Waals surface area contributed by atoms with Crippen LogP contribution in [0, 0.1) is 0 Å². The van der Waals surface area contributed by atoms with Crippen molar-refractivity contribution in [2.45, 2.75) is 406 Å². The van der Waals surface area contributed by atoms with Gasteiger partial charge in [-0.2, -0.15) is 0 Å². The van der Waals surface area contributed by atoms with Gasteiger partial charge in [-0.15, -0.1) is 0 Å². The van der Waals surface area contributed by atoms with E-state index < -0.39 is 6.10 Å². The highest BCUT2D eigenvalue weighted by Gasteiger charge is 2.19. The monoisotopic (exact) mass is 1150 g/mol. The summed E-state index contributed by atoms with van der Waals surface area (Å²) >= 11 is 0. The van der Waals surface area contributed by atoms with E-state index >= 15 is 0 Å². The molecule has 0 fully saturated rings. The number of allylic oxidation sites excluding steroid dienone is 8. The first-order valence-corrected chi connectivity index (χ1v) is 36.6. The Bertz CT molecular complexity index is 1410. The van der Waals surface area contributed by atoms with Crippen LogP contribution in [0.25, 0.3) is 0 Å². The minimum atomic E-state index is -0.768. The molecule has 6 nitrogen and oxygen atoms in total. The largest absolute Gasteiger partial charge is 0.462 e. The van der Waals surface area contributed by atoms with Crippen LogP contribution in [0.15, 0.2) is 48.6 Å². The molecule has 0 N–H and O–H groups in total. The molecule has 1 unspecified atom stereocenters. The van der Waals surface area contributed by atoms with Crippen molar-refractivity contribution in [3.05, 3.63) is 48.6 Å². The van der Waals surface area contributed by atoms with Gasteiger partial charge in [0.05, 0.1) is 0 Å². The van der Waals surface area contributed by atoms with Crippen LogP contribution in [0.1, 0.15) is 400 Å². The summed E-state index contributed by atoms with van der Waals surface area (Å²) in [6, 6.07) is 0. The Kier molecular flexibility index (Phi) is 68.6. The number of carbonyl (C=O) groups excluding carboxylic acids is 3. The second-order valence-corrected chi connectivity index (χ2v) is 24.8. The number of rotatable bonds is 68. The van der Waals surface area contributed by atoms with Gasteiger partial charge in [-0.1, -0.05) is 371 Å². The van der Waals surface area contributed by atoms with Gasteiger partial charge in [0.15, 0.2) is 6.10 Å². The molecule has 6 heteroatoms. The van der Waals surface area contributed by atoms with Crippen LogP contribution >= 0.6 is 0 Å². The highest BCUT2D eigenvalue weighted by Crippen LogP contribution is 2.19. The summed E-state index contributed by atoms with van der Waals surface area (Å²) in [5, 5.41) is 0. The molecule has 82 heavy (non-hydrogen) atoms. The molecule has 0 amide bonds. The molecule has 0 aliphatic rings. The number of unbranched alkanes of at least 4 members (excludes halogenated alkanes) is 49. The van der Waals surface area contributed by atoms with Crippen LogP contribution in [0.3, 0.4) is 0 Å². The molecule has 0 aromatic rings. The maximum Gasteiger partial charge on any atom is 0.306 e. The predicted octanol–water partition coefficient (Wildman–Crippen LogP) is 25.3. The maximum absolute atomic E-state index is 13.0. The Morgan fingerprint density at radius 3 is 0.744 bits per heavy atom. The summed E-state index contributed by atoms with van der Waals surface area (Å²) in [7, 11) is 0. The third-order valence-electron chi connectivity index (χ3n) is 16.6. The number of ether oxygens (including phenoxy) is 3. The number of esters is 3. The van der Waals surface area contributed by atoms with Crippen LogP contribution < -0.4 is 0 Å². The van der Waals surface area contributed by atoms with Gasteiger partial charge in [-0.05, 0) is 57.8 Å². The van der Waals surface area contributed by atoms with Gasteiger partial charge in [0.2, 0.25) is 0 Å². The molecular formula is C76H140O6. The zero-order valence-corrected chi connectivity index (χ0v) is 55.3. The molecule has 0 aliphatic carbocycles. The van der Waals surface area contributed by atoms with Crippen LogP contribution in [0.2, 0.25) is 0 Å². The second-order valence-electron chi connectivity index (χ2n) is 24.8. The molecule has 0 aromatic carbocycles. The van der Waals surface area contributed by atoms with Crippen molar-refractivity contribution < 1.29 is 28.6 Å². The summed E-state index contributed by atoms with van der Waals surface area (Å²) in [4.78, 5) is 38.4. The first kappa shape index (κ1) is 79.4. The van der Waals surface area contributed by atoms with Crippen LogP contribution in [0.5, 0.6) is 0 Å². The van der Waals surface area contributed by atoms with Gasteiger partial charge in [-0.25, -0.2) is 0 Å². The molecule has 0 spiro atoms. The van der Waals surface area contributed by atoms with E-state index in [9.17, 15) is 14.4 Å². The highest BCUT2D eigenvalue weighted by molar-refractivity contribution is 5.71. The zero-order chi connectivity index (χ0) is 59.2. The average Bonchev–Trinajstić information content (AvgIpc) is 3.47. The van der Waals surface area contributed by atoms with E-state index in [1.165, 1.54) is 276 Å². The Labute approximate surface area is 511 Å². The quantitative estimate of drug-likeness (QED) is 0.0261. The van der Waals surface area contributed by atoms with Gasteiger partial charge < -0.3 is 14.2 Å². The van der Waals surface area contributed by atoms with Gasteiger partial charge in [-0.3, -0.25) is 14.4 Å². The van der Waals surface area contributed by atoms with E-state index in [1.807, 2.05) is 0 Å². The molecule has 0 aromatic heterocycles. The number of hydrogen-bond acceptors (Lipinski definition) is 6. The summed E-state index contributed by atoms with van der Waals surface area (Å²) in [5.74, 6) is -0.832. The van der Waals surface area contributed by atoms with E-state index in [-0.39, 0.29) is 31.1 Å². The van der Waals surface area contributed by atoms with Crippen molar-refractivity contribution in [2.75, 3.05) is 13.2 Å². The molecule has 0 saturated carbocycles. The predicted molar refractivity (Wildman–Crippen MR) is 358 cm³/mol. The van der Waals surface area contributed by atoms with Crippen LogP contribution in [-0.4, -0.2) is 37.2 Å². The van der Waals surface area contributed by atoms with Gasteiger partial charge in [0.1, 0.15) is 13.2 Å². The standard InChI is InChI=1S/C76H140O6/c1-4-7-10-13-16-19-22-25-27-29-31-33-34-35-36-37-38-39-40-41-42-44-45-47-49-51-54-57-60-63-66-69-75(78)81-72-73(71-80-74(77)68-65-62-59-56-53-24-21-18-15-12-9-6-3)82-76(79)70-67-64-61-58-55-52-50-48-46-43-32-30-28-26-23-20-17-14-11-8-5-2/h7,10,16,19,25,27,31,33,73H,4-6,8-9,11-15,17-18,20-24,26,28-30,32,34-72H2,1-3H3/b10-7-,19-16-,27-25-,33-31-. The lowest BCUT2D eigenvalue weighted by Crippen LogP contribution is -2.30. The molecule has 0 saturated heterocycles. The summed E-state index contributed by atoms with van der Waals surface area (Å²) in [5.41, 5.74) is 0. The summed E-state index contributed by atoms with van der Waals surface area (Å²) in [6.07, 6.45) is 90.1. The maximum atomic E-state index is 13.0. The van der Waals surface area contributed by atoms with E-state index in [1.54, 1.807) is 0 Å². The molecule has 0 radical (unpaired) electrons. The Morgan fingerprint density at radius 1 is 0.256 bits per heavy atom. The smallest absolute Gasteiger partial charge is 0.306 e. The van der Waals surface area contributed by atoms with Crippen molar-refractivity contribution in [3.63, 3.8) is 0 Å². The molecular weight excluding hydrogens is 1010 g/mol. The SMILES string of the molecule is CC/C=C\C/C=C\C/C=C\C/C=C\CCCCCCCCCCCCCCCCCCCCC(=O)OCC(COC(=O)CCCCCCCCCCCCCC)OC(=O)CCCCCCCCCCCCCCCCCCCCCCC. The van der Waals surface area contributed by atoms with Gasteiger partial charge in [0, 0.05) is 19.3 Å². The fourth-order valence-corrected chi connectivity index (χ4v) is 11.1. The minimum Gasteiger partial charge on any atom is -0.462 e. The second kappa shape index (κ2) is 70.9. The first-order valence-electron chi connectivity index (χ1n) is 36.6. The molecule has 0 rings (SSSR count). The van der Waals surface area contributed by atoms with E-state index in [2.05, 4.69) is 69.4 Å². The highest BCUT2D eigenvalue weighted by atomic mass is 16.6. The Morgan fingerprint density at radius 2 is 0.476 bits per heavy atom. The Balaban J connectivity index is 4.14. The van der Waals surface area contributed by atoms with Crippen LogP contribution in [-0.2, 0) is 28.6 Å². The summed E-state index contributed by atoms with van der Waals surface area (Å²) in [6.45, 7) is 6.60. The summed E-state index contributed by atoms with van der Waals surface area (Å²) < 4.78 is 17.0. The van der Waals surface area contributed by atoms with Crippen molar-refractivity contribution in [2.24, 2.45) is 0 Å². The lowest BCUT2D eigenvalue weighted by Gasteiger charge is -2.18. The fraction of sp³-hybridized carbons (Fsp3) is 0.855. The van der Waals surface area contributed by atoms with Crippen molar-refractivity contribution in [3.8, 4) is 0 Å². The van der Waals surface area contributed by atoms with Crippen LogP contribution in [0.4, 0.5) is 0 Å². The average molecular weight is 1150 g/mol. The van der Waals surface area contributed by atoms with E-state index in [4.69, 9.17) is 14.2 Å². The van der Waals surface area contributed by atoms with Gasteiger partial charge in [0.25, 0.3) is 0 Å². The zero-order valence-electron chi connectivity index (χ0n) is 55.3. The van der Waals surface area contributed by atoms with Crippen molar-refractivity contribution >= 4 is 17.9 Å². The third-order valence-corrected chi connectivity index (χ3v) is 16.6. The minimum absolute atomic E-state index is 0.0648. The van der Waals surface area contributed by atoms with E-state index in [0.29, 0.717) is 19.3 Å². The topological polar surface area (TPSA) is 78.9 Å². The number of hydrogen-bond donors (Lipinski definition) is 0. The molecule has 1 atom stereocenters. The molecule has 480 valence electrons. The lowest BCUT2D eigenvalue weighted by atomic mass is 10.0. The molecule has 0 heterocycles. The normalized spacial score (nSPS) is 12.3. The fourth-order valence-electron chi connectivity index (χ4n) is 11.1. The third kappa shape index (κ3) is 68.2. The van der Waals surface area contributed by atoms with E-state index in [0.717, 1.165) is 83.5 Å². The molecule has 0 bridgehead atoms. The first-order chi connectivity index (χ1) is 40.5. The molecule has 0 aliphatic heterocycles. The van der Waals surface area contributed by atoms with Crippen molar-refractivity contribution in [1.82, 2.24) is 0 Å². The van der Waals surface area contributed by atoms with Gasteiger partial charge >= 0.3 is 17.9 Å². The van der Waals surface area contributed by atoms with Crippen molar-refractivity contribution in [1.29, 1.82) is 0 Å².